The summed E-state index contributed by atoms with van der Waals surface area (Å²) < 4.78 is 10.2. The topological polar surface area (TPSA) is 85.6 Å². The average molecular weight is 407 g/mol. The average Bonchev–Trinajstić information content (AvgIpc) is 2.75. The van der Waals surface area contributed by atoms with Crippen molar-refractivity contribution >= 4 is 22.8 Å². The van der Waals surface area contributed by atoms with Crippen molar-refractivity contribution in [3.8, 4) is 0 Å². The molecule has 0 bridgehead atoms. The Bertz CT molecular complexity index is 1100. The van der Waals surface area contributed by atoms with E-state index in [0.717, 1.165) is 12.0 Å². The summed E-state index contributed by atoms with van der Waals surface area (Å²) in [6.07, 6.45) is 0.942. The second-order valence-electron chi connectivity index (χ2n) is 7.45. The molecular formula is C24H25NO5. The van der Waals surface area contributed by atoms with E-state index in [1.165, 1.54) is 11.6 Å². The van der Waals surface area contributed by atoms with Gasteiger partial charge in [0.15, 0.2) is 6.61 Å². The third-order valence-electron chi connectivity index (χ3n) is 4.93. The molecule has 3 aromatic rings. The maximum Gasteiger partial charge on any atom is 0.351 e. The zero-order valence-corrected chi connectivity index (χ0v) is 17.3. The number of esters is 1. The molecule has 6 nitrogen and oxygen atoms in total. The van der Waals surface area contributed by atoms with E-state index in [1.807, 2.05) is 38.1 Å². The number of amides is 1. The normalized spacial score (nSPS) is 12.0. The molecule has 0 saturated carbocycles. The monoisotopic (exact) mass is 407 g/mol. The highest BCUT2D eigenvalue weighted by atomic mass is 16.5. The van der Waals surface area contributed by atoms with Gasteiger partial charge in [-0.15, -0.1) is 0 Å². The van der Waals surface area contributed by atoms with Gasteiger partial charge in [0.2, 0.25) is 0 Å². The summed E-state index contributed by atoms with van der Waals surface area (Å²) in [6, 6.07) is 16.1. The van der Waals surface area contributed by atoms with Gasteiger partial charge in [-0.2, -0.15) is 0 Å². The van der Waals surface area contributed by atoms with Crippen LogP contribution in [0, 0.1) is 5.92 Å². The lowest BCUT2D eigenvalue weighted by Gasteiger charge is -2.23. The number of hydrogen-bond acceptors (Lipinski definition) is 5. The van der Waals surface area contributed by atoms with Gasteiger partial charge in [0, 0.05) is 5.39 Å². The largest absolute Gasteiger partial charge is 0.452 e. The molecule has 30 heavy (non-hydrogen) atoms. The fourth-order valence-electron chi connectivity index (χ4n) is 3.22. The van der Waals surface area contributed by atoms with Crippen LogP contribution in [0.15, 0.2) is 63.8 Å². The lowest BCUT2D eigenvalue weighted by Crippen LogP contribution is -2.35. The molecule has 1 N–H and O–H groups in total. The van der Waals surface area contributed by atoms with E-state index in [0.29, 0.717) is 11.0 Å². The second kappa shape index (κ2) is 9.39. The van der Waals surface area contributed by atoms with Gasteiger partial charge in [0.25, 0.3) is 5.91 Å². The summed E-state index contributed by atoms with van der Waals surface area (Å²) in [4.78, 5) is 36.8. The third kappa shape index (κ3) is 4.95. The molecule has 2 aromatic carbocycles. The number of aryl methyl sites for hydroxylation is 1. The van der Waals surface area contributed by atoms with Crippen LogP contribution in [0.1, 0.15) is 48.3 Å². The highest BCUT2D eigenvalue weighted by molar-refractivity contribution is 5.94. The van der Waals surface area contributed by atoms with Gasteiger partial charge in [-0.3, -0.25) is 4.79 Å². The van der Waals surface area contributed by atoms with Crippen molar-refractivity contribution in [3.63, 3.8) is 0 Å². The molecule has 1 aromatic heterocycles. The van der Waals surface area contributed by atoms with Crippen LogP contribution >= 0.6 is 0 Å². The Hall–Kier alpha value is -3.41. The molecule has 0 spiro atoms. The second-order valence-corrected chi connectivity index (χ2v) is 7.45. The molecule has 0 aliphatic heterocycles. The van der Waals surface area contributed by atoms with Crippen LogP contribution in [-0.2, 0) is 16.0 Å². The Morgan fingerprint density at radius 1 is 1.07 bits per heavy atom. The minimum Gasteiger partial charge on any atom is -0.452 e. The smallest absolute Gasteiger partial charge is 0.351 e. The maximum absolute atomic E-state index is 12.4. The quantitative estimate of drug-likeness (QED) is 0.472. The Labute approximate surface area is 174 Å². The summed E-state index contributed by atoms with van der Waals surface area (Å²) in [7, 11) is 0. The van der Waals surface area contributed by atoms with Crippen LogP contribution in [0.5, 0.6) is 0 Å². The van der Waals surface area contributed by atoms with Crippen molar-refractivity contribution in [2.24, 2.45) is 5.92 Å². The van der Waals surface area contributed by atoms with Crippen molar-refractivity contribution in [1.29, 1.82) is 0 Å². The minimum atomic E-state index is -0.891. The van der Waals surface area contributed by atoms with Crippen molar-refractivity contribution in [2.75, 3.05) is 6.61 Å². The van der Waals surface area contributed by atoms with E-state index in [9.17, 15) is 14.4 Å². The van der Waals surface area contributed by atoms with Crippen LogP contribution in [0.2, 0.25) is 0 Å². The van der Waals surface area contributed by atoms with Crippen molar-refractivity contribution in [1.82, 2.24) is 5.32 Å². The van der Waals surface area contributed by atoms with Crippen molar-refractivity contribution in [3.05, 3.63) is 81.7 Å². The lowest BCUT2D eigenvalue weighted by atomic mass is 9.95. The molecule has 3 rings (SSSR count). The van der Waals surface area contributed by atoms with E-state index in [-0.39, 0.29) is 17.5 Å². The summed E-state index contributed by atoms with van der Waals surface area (Å²) in [5.74, 6) is -1.19. The number of para-hydroxylation sites is 1. The molecule has 156 valence electrons. The predicted molar refractivity (Wildman–Crippen MR) is 114 cm³/mol. The van der Waals surface area contributed by atoms with Crippen LogP contribution in [-0.4, -0.2) is 18.5 Å². The number of hydrogen-bond donors (Lipinski definition) is 1. The Morgan fingerprint density at radius 2 is 1.77 bits per heavy atom. The molecule has 0 aliphatic rings. The number of carbonyl (C=O) groups is 2. The summed E-state index contributed by atoms with van der Waals surface area (Å²) in [5.41, 5.74) is 1.55. The summed E-state index contributed by atoms with van der Waals surface area (Å²) in [5, 5.41) is 3.50. The number of rotatable bonds is 7. The Kier molecular flexibility index (Phi) is 6.67. The molecule has 1 atom stereocenters. The lowest BCUT2D eigenvalue weighted by molar-refractivity contribution is -0.125. The predicted octanol–water partition coefficient (Wildman–Crippen LogP) is 4.03. The fraction of sp³-hybridized carbons (Fsp3) is 0.292. The molecular weight excluding hydrogens is 382 g/mol. The van der Waals surface area contributed by atoms with Crippen molar-refractivity contribution < 1.29 is 18.7 Å². The number of benzene rings is 2. The van der Waals surface area contributed by atoms with Gasteiger partial charge in [0.05, 0.1) is 6.04 Å². The maximum atomic E-state index is 12.4. The standard InChI is InChI=1S/C24H25NO5/c1-4-16-9-11-17(12-10-16)22(15(2)3)25-21(26)14-29-23(27)19-13-18-7-5-6-8-20(18)30-24(19)28/h5-13,15,22H,4,14H2,1-3H3,(H,25,26)/t22-/m1/s1. The van der Waals surface area contributed by atoms with Crippen LogP contribution in [0.3, 0.4) is 0 Å². The molecule has 6 heteroatoms. The SMILES string of the molecule is CCc1ccc([C@H](NC(=O)COC(=O)c2cc3ccccc3oc2=O)C(C)C)cc1. The molecule has 0 radical (unpaired) electrons. The van der Waals surface area contributed by atoms with Gasteiger partial charge in [-0.05, 0) is 35.6 Å². The first kappa shape index (κ1) is 21.3. The minimum absolute atomic E-state index is 0.143. The van der Waals surface area contributed by atoms with Crippen LogP contribution in [0.25, 0.3) is 11.0 Å². The summed E-state index contributed by atoms with van der Waals surface area (Å²) >= 11 is 0. The van der Waals surface area contributed by atoms with E-state index >= 15 is 0 Å². The molecule has 0 fully saturated rings. The molecule has 1 amide bonds. The highest BCUT2D eigenvalue weighted by Gasteiger charge is 2.21. The Morgan fingerprint density at radius 3 is 2.43 bits per heavy atom. The van der Waals surface area contributed by atoms with Gasteiger partial charge in [-0.25, -0.2) is 9.59 Å². The number of carbonyl (C=O) groups excluding carboxylic acids is 2. The molecule has 1 heterocycles. The van der Waals surface area contributed by atoms with E-state index < -0.39 is 24.1 Å². The molecule has 0 aliphatic carbocycles. The van der Waals surface area contributed by atoms with Gasteiger partial charge < -0.3 is 14.5 Å². The highest BCUT2D eigenvalue weighted by Crippen LogP contribution is 2.22. The van der Waals surface area contributed by atoms with E-state index in [2.05, 4.69) is 12.2 Å². The van der Waals surface area contributed by atoms with Gasteiger partial charge >= 0.3 is 11.6 Å². The van der Waals surface area contributed by atoms with Crippen LogP contribution in [0.4, 0.5) is 0 Å². The Balaban J connectivity index is 1.66. The van der Waals surface area contributed by atoms with Crippen molar-refractivity contribution in [2.45, 2.75) is 33.2 Å². The number of ether oxygens (including phenoxy) is 1. The number of nitrogens with one attached hydrogen (secondary N) is 1. The number of fused-ring (bicyclic) bond motifs is 1. The van der Waals surface area contributed by atoms with Gasteiger partial charge in [-0.1, -0.05) is 63.2 Å². The first-order valence-corrected chi connectivity index (χ1v) is 9.97. The fourth-order valence-corrected chi connectivity index (χ4v) is 3.22. The van der Waals surface area contributed by atoms with Crippen LogP contribution < -0.4 is 10.9 Å². The van der Waals surface area contributed by atoms with E-state index in [1.54, 1.807) is 24.3 Å². The zero-order valence-electron chi connectivity index (χ0n) is 17.3. The summed E-state index contributed by atoms with van der Waals surface area (Å²) in [6.45, 7) is 5.61. The first-order valence-electron chi connectivity index (χ1n) is 9.97. The molecule has 0 saturated heterocycles. The molecule has 0 unspecified atom stereocenters. The zero-order chi connectivity index (χ0) is 21.7. The first-order chi connectivity index (χ1) is 14.4. The third-order valence-corrected chi connectivity index (χ3v) is 4.93. The van der Waals surface area contributed by atoms with Gasteiger partial charge in [0.1, 0.15) is 11.1 Å². The van der Waals surface area contributed by atoms with E-state index in [4.69, 9.17) is 9.15 Å².